The first-order valence-electron chi connectivity index (χ1n) is 6.49. The van der Waals surface area contributed by atoms with E-state index in [-0.39, 0.29) is 30.8 Å². The van der Waals surface area contributed by atoms with E-state index in [1.165, 1.54) is 6.92 Å². The number of hydrogen-bond donors (Lipinski definition) is 3. The summed E-state index contributed by atoms with van der Waals surface area (Å²) in [5.74, 6) is -0.368. The van der Waals surface area contributed by atoms with E-state index < -0.39 is 0 Å². The van der Waals surface area contributed by atoms with E-state index in [1.807, 2.05) is 13.8 Å². The zero-order valence-corrected chi connectivity index (χ0v) is 11.9. The van der Waals surface area contributed by atoms with E-state index in [1.54, 1.807) is 4.90 Å². The average molecular weight is 272 g/mol. The molecule has 110 valence electrons. The van der Waals surface area contributed by atoms with E-state index >= 15 is 0 Å². The lowest BCUT2D eigenvalue weighted by Crippen LogP contribution is -2.44. The Hall–Kier alpha value is -1.63. The fraction of sp³-hybridized carbons (Fsp3) is 0.750. The van der Waals surface area contributed by atoms with Crippen molar-refractivity contribution in [3.8, 4) is 0 Å². The number of carbonyl (C=O) groups is 3. The lowest BCUT2D eigenvalue weighted by Gasteiger charge is -2.19. The van der Waals surface area contributed by atoms with Gasteiger partial charge in [-0.2, -0.15) is 0 Å². The fourth-order valence-electron chi connectivity index (χ4n) is 1.44. The maximum absolute atomic E-state index is 11.6. The zero-order chi connectivity index (χ0) is 14.7. The molecule has 0 atom stereocenters. The molecule has 0 aliphatic rings. The van der Waals surface area contributed by atoms with Gasteiger partial charge >= 0.3 is 0 Å². The molecular formula is C12H24N4O3. The molecule has 7 heteroatoms. The van der Waals surface area contributed by atoms with E-state index in [0.717, 1.165) is 0 Å². The maximum atomic E-state index is 11.6. The van der Waals surface area contributed by atoms with Gasteiger partial charge in [0.1, 0.15) is 0 Å². The molecule has 0 aromatic rings. The maximum Gasteiger partial charge on any atom is 0.234 e. The topological polar surface area (TPSA) is 90.5 Å². The molecule has 0 heterocycles. The largest absolute Gasteiger partial charge is 0.355 e. The molecule has 0 aliphatic heterocycles. The van der Waals surface area contributed by atoms with Crippen LogP contribution in [-0.4, -0.2) is 61.9 Å². The van der Waals surface area contributed by atoms with Gasteiger partial charge in [-0.3, -0.25) is 19.3 Å². The van der Waals surface area contributed by atoms with Crippen molar-refractivity contribution in [3.05, 3.63) is 0 Å². The summed E-state index contributed by atoms with van der Waals surface area (Å²) in [6, 6.07) is 0. The molecule has 0 aliphatic carbocycles. The summed E-state index contributed by atoms with van der Waals surface area (Å²) in [5, 5.41) is 7.96. The predicted molar refractivity (Wildman–Crippen MR) is 72.5 cm³/mol. The highest BCUT2D eigenvalue weighted by Crippen LogP contribution is 1.87. The Kier molecular flexibility index (Phi) is 9.42. The highest BCUT2D eigenvalue weighted by atomic mass is 16.2. The van der Waals surface area contributed by atoms with Crippen LogP contribution in [0.3, 0.4) is 0 Å². The number of nitrogens with zero attached hydrogens (tertiary/aromatic N) is 1. The summed E-state index contributed by atoms with van der Waals surface area (Å²) in [5.41, 5.74) is 0. The highest BCUT2D eigenvalue weighted by Gasteiger charge is 2.12. The van der Waals surface area contributed by atoms with Crippen LogP contribution in [-0.2, 0) is 14.4 Å². The van der Waals surface area contributed by atoms with Crippen molar-refractivity contribution in [1.29, 1.82) is 0 Å². The Morgan fingerprint density at radius 2 is 1.42 bits per heavy atom. The van der Waals surface area contributed by atoms with Crippen molar-refractivity contribution < 1.29 is 14.4 Å². The molecular weight excluding hydrogens is 248 g/mol. The molecule has 7 nitrogen and oxygen atoms in total. The van der Waals surface area contributed by atoms with Crippen molar-refractivity contribution in [2.24, 2.45) is 0 Å². The summed E-state index contributed by atoms with van der Waals surface area (Å²) in [6.45, 7) is 7.55. The average Bonchev–Trinajstić information content (AvgIpc) is 2.34. The molecule has 19 heavy (non-hydrogen) atoms. The van der Waals surface area contributed by atoms with Gasteiger partial charge in [-0.05, 0) is 13.5 Å². The Bertz CT molecular complexity index is 307. The van der Waals surface area contributed by atoms with Crippen LogP contribution in [0.4, 0.5) is 0 Å². The number of nitrogens with one attached hydrogen (secondary N) is 3. The number of carbonyl (C=O) groups excluding carboxylic acids is 3. The van der Waals surface area contributed by atoms with Gasteiger partial charge < -0.3 is 16.0 Å². The summed E-state index contributed by atoms with van der Waals surface area (Å²) in [4.78, 5) is 35.4. The molecule has 0 radical (unpaired) electrons. The zero-order valence-electron chi connectivity index (χ0n) is 11.9. The summed E-state index contributed by atoms with van der Waals surface area (Å²) in [6.07, 6.45) is 0. The van der Waals surface area contributed by atoms with Crippen molar-refractivity contribution in [3.63, 3.8) is 0 Å². The van der Waals surface area contributed by atoms with Crippen LogP contribution >= 0.6 is 0 Å². The number of amides is 3. The van der Waals surface area contributed by atoms with Crippen LogP contribution < -0.4 is 16.0 Å². The normalized spacial score (nSPS) is 10.1. The molecule has 0 fully saturated rings. The number of hydrogen-bond acceptors (Lipinski definition) is 4. The number of likely N-dealkylation sites (N-methyl/N-ethyl adjacent to an activating group) is 2. The molecule has 0 unspecified atom stereocenters. The van der Waals surface area contributed by atoms with Crippen LogP contribution in [0.2, 0.25) is 0 Å². The summed E-state index contributed by atoms with van der Waals surface area (Å²) in [7, 11) is 0. The Balaban J connectivity index is 3.86. The van der Waals surface area contributed by atoms with Crippen LogP contribution in [0.5, 0.6) is 0 Å². The SMILES string of the molecule is CCNC(=O)CN(CC)CC(=O)NCCNC(C)=O. The molecule has 0 aromatic heterocycles. The van der Waals surface area contributed by atoms with Crippen LogP contribution in [0.15, 0.2) is 0 Å². The van der Waals surface area contributed by atoms with Gasteiger partial charge in [0.2, 0.25) is 17.7 Å². The van der Waals surface area contributed by atoms with E-state index in [2.05, 4.69) is 16.0 Å². The Labute approximate surface area is 114 Å². The molecule has 3 amide bonds. The van der Waals surface area contributed by atoms with Gasteiger partial charge in [-0.1, -0.05) is 6.92 Å². The highest BCUT2D eigenvalue weighted by molar-refractivity contribution is 5.81. The Morgan fingerprint density at radius 3 is 1.89 bits per heavy atom. The van der Waals surface area contributed by atoms with Gasteiger partial charge in [0.05, 0.1) is 13.1 Å². The lowest BCUT2D eigenvalue weighted by atomic mass is 10.4. The second kappa shape index (κ2) is 10.3. The van der Waals surface area contributed by atoms with Crippen LogP contribution in [0.25, 0.3) is 0 Å². The smallest absolute Gasteiger partial charge is 0.234 e. The molecule has 0 saturated heterocycles. The molecule has 0 bridgehead atoms. The standard InChI is InChI=1S/C12H24N4O3/c1-4-13-11(18)8-16(5-2)9-12(19)15-7-6-14-10(3)17/h4-9H2,1-3H3,(H,13,18)(H,14,17)(H,15,19). The van der Waals surface area contributed by atoms with Crippen molar-refractivity contribution in [1.82, 2.24) is 20.9 Å². The van der Waals surface area contributed by atoms with E-state index in [4.69, 9.17) is 0 Å². The molecule has 0 saturated carbocycles. The number of rotatable bonds is 9. The second-order valence-electron chi connectivity index (χ2n) is 4.09. The Morgan fingerprint density at radius 1 is 0.895 bits per heavy atom. The third-order valence-corrected chi connectivity index (χ3v) is 2.38. The van der Waals surface area contributed by atoms with E-state index in [0.29, 0.717) is 26.2 Å². The van der Waals surface area contributed by atoms with Crippen molar-refractivity contribution >= 4 is 17.7 Å². The van der Waals surface area contributed by atoms with Gasteiger partial charge in [0.15, 0.2) is 0 Å². The van der Waals surface area contributed by atoms with Crippen LogP contribution in [0.1, 0.15) is 20.8 Å². The van der Waals surface area contributed by atoms with E-state index in [9.17, 15) is 14.4 Å². The third kappa shape index (κ3) is 10.0. The monoisotopic (exact) mass is 272 g/mol. The summed E-state index contributed by atoms with van der Waals surface area (Å²) >= 11 is 0. The van der Waals surface area contributed by atoms with Gasteiger partial charge in [0.25, 0.3) is 0 Å². The quantitative estimate of drug-likeness (QED) is 0.455. The molecule has 0 aromatic carbocycles. The minimum Gasteiger partial charge on any atom is -0.355 e. The molecule has 3 N–H and O–H groups in total. The van der Waals surface area contributed by atoms with Gasteiger partial charge in [0, 0.05) is 26.6 Å². The fourth-order valence-corrected chi connectivity index (χ4v) is 1.44. The third-order valence-electron chi connectivity index (χ3n) is 2.38. The minimum absolute atomic E-state index is 0.0876. The van der Waals surface area contributed by atoms with Crippen molar-refractivity contribution in [2.45, 2.75) is 20.8 Å². The van der Waals surface area contributed by atoms with Crippen LogP contribution in [0, 0.1) is 0 Å². The first-order valence-corrected chi connectivity index (χ1v) is 6.49. The van der Waals surface area contributed by atoms with Gasteiger partial charge in [-0.15, -0.1) is 0 Å². The second-order valence-corrected chi connectivity index (χ2v) is 4.09. The minimum atomic E-state index is -0.156. The molecule has 0 spiro atoms. The summed E-state index contributed by atoms with van der Waals surface area (Å²) < 4.78 is 0. The predicted octanol–water partition coefficient (Wildman–Crippen LogP) is -1.30. The first-order chi connectivity index (χ1) is 8.99. The molecule has 0 rings (SSSR count). The van der Waals surface area contributed by atoms with Crippen molar-refractivity contribution in [2.75, 3.05) is 39.3 Å². The lowest BCUT2D eigenvalue weighted by molar-refractivity contribution is -0.125. The van der Waals surface area contributed by atoms with Gasteiger partial charge in [-0.25, -0.2) is 0 Å². The first kappa shape index (κ1) is 17.4.